The molecule has 0 saturated carbocycles. The van der Waals surface area contributed by atoms with E-state index in [0.717, 1.165) is 12.1 Å². The molecule has 0 aliphatic rings. The Balaban J connectivity index is 2.53. The van der Waals surface area contributed by atoms with Gasteiger partial charge in [0.1, 0.15) is 17.2 Å². The van der Waals surface area contributed by atoms with Gasteiger partial charge in [-0.25, -0.2) is 8.78 Å². The predicted molar refractivity (Wildman–Crippen MR) is 79.0 cm³/mol. The highest BCUT2D eigenvalue weighted by atomic mass is 35.5. The number of nitrogens with zero attached hydrogens (tertiary/aromatic N) is 2. The molecule has 0 aliphatic heterocycles. The third kappa shape index (κ3) is 1.95. The van der Waals surface area contributed by atoms with Crippen molar-refractivity contribution in [3.05, 3.63) is 57.5 Å². The van der Waals surface area contributed by atoms with Crippen LogP contribution in [0, 0.1) is 11.6 Å². The van der Waals surface area contributed by atoms with Crippen molar-refractivity contribution in [1.82, 2.24) is 9.55 Å². The summed E-state index contributed by atoms with van der Waals surface area (Å²) in [7, 11) is 1.44. The van der Waals surface area contributed by atoms with Crippen LogP contribution in [-0.2, 0) is 7.05 Å². The Morgan fingerprint density at radius 2 is 1.86 bits per heavy atom. The van der Waals surface area contributed by atoms with Crippen molar-refractivity contribution in [2.45, 2.75) is 0 Å². The summed E-state index contributed by atoms with van der Waals surface area (Å²) in [5.41, 5.74) is -1.14. The van der Waals surface area contributed by atoms with Crippen LogP contribution in [-0.4, -0.2) is 14.7 Å². The lowest BCUT2D eigenvalue weighted by Gasteiger charge is -2.13. The highest BCUT2D eigenvalue weighted by molar-refractivity contribution is 6.33. The van der Waals surface area contributed by atoms with Crippen molar-refractivity contribution in [2.24, 2.45) is 7.05 Å². The van der Waals surface area contributed by atoms with E-state index in [1.54, 1.807) is 12.1 Å². The van der Waals surface area contributed by atoms with Gasteiger partial charge in [-0.05, 0) is 24.3 Å². The quantitative estimate of drug-likeness (QED) is 0.700. The maximum absolute atomic E-state index is 14.1. The van der Waals surface area contributed by atoms with Crippen molar-refractivity contribution in [1.29, 1.82) is 0 Å². The summed E-state index contributed by atoms with van der Waals surface area (Å²) in [6.45, 7) is 0. The number of fused-ring (bicyclic) bond motifs is 1. The Hall–Kier alpha value is -2.47. The molecule has 2 heterocycles. The molecule has 0 atom stereocenters. The Morgan fingerprint density at radius 1 is 1.18 bits per heavy atom. The lowest BCUT2D eigenvalue weighted by atomic mass is 10.0. The van der Waals surface area contributed by atoms with E-state index in [0.29, 0.717) is 5.52 Å². The number of aromatic hydroxyl groups is 1. The summed E-state index contributed by atoms with van der Waals surface area (Å²) in [6.07, 6.45) is 1.42. The molecule has 7 heteroatoms. The highest BCUT2D eigenvalue weighted by Gasteiger charge is 2.23. The fourth-order valence-corrected chi connectivity index (χ4v) is 2.58. The number of hydrogen-bond donors (Lipinski definition) is 1. The van der Waals surface area contributed by atoms with Crippen LogP contribution in [0.1, 0.15) is 0 Å². The third-order valence-corrected chi connectivity index (χ3v) is 3.79. The van der Waals surface area contributed by atoms with Crippen LogP contribution in [0.5, 0.6) is 5.75 Å². The normalized spacial score (nSPS) is 11.1. The van der Waals surface area contributed by atoms with E-state index in [-0.39, 0.29) is 5.52 Å². The first-order valence-electron chi connectivity index (χ1n) is 6.24. The van der Waals surface area contributed by atoms with Gasteiger partial charge in [0.05, 0.1) is 16.1 Å². The average molecular weight is 323 g/mol. The number of hydrogen-bond acceptors (Lipinski definition) is 3. The molecule has 0 radical (unpaired) electrons. The van der Waals surface area contributed by atoms with Crippen LogP contribution in [0.4, 0.5) is 8.78 Å². The molecule has 0 spiro atoms. The van der Waals surface area contributed by atoms with Gasteiger partial charge in [-0.15, -0.1) is 0 Å². The van der Waals surface area contributed by atoms with Crippen molar-refractivity contribution in [2.75, 3.05) is 0 Å². The van der Waals surface area contributed by atoms with E-state index < -0.39 is 39.1 Å². The molecule has 1 aromatic carbocycles. The molecule has 1 N–H and O–H groups in total. The molecule has 0 unspecified atom stereocenters. The highest BCUT2D eigenvalue weighted by Crippen LogP contribution is 2.37. The second-order valence-corrected chi connectivity index (χ2v) is 5.06. The molecule has 2 aromatic heterocycles. The maximum atomic E-state index is 14.1. The molecule has 0 saturated heterocycles. The summed E-state index contributed by atoms with van der Waals surface area (Å²) in [5, 5.41) is 9.76. The first kappa shape index (κ1) is 14.5. The SMILES string of the molecule is Cn1c(=O)c(-c2c(F)ccc(F)c2Cl)c(O)c2ncccc21. The summed E-state index contributed by atoms with van der Waals surface area (Å²) >= 11 is 5.79. The van der Waals surface area contributed by atoms with Crippen LogP contribution in [0.25, 0.3) is 22.2 Å². The van der Waals surface area contributed by atoms with Gasteiger partial charge >= 0.3 is 0 Å². The van der Waals surface area contributed by atoms with Gasteiger partial charge < -0.3 is 9.67 Å². The van der Waals surface area contributed by atoms with Gasteiger partial charge in [-0.3, -0.25) is 9.78 Å². The minimum absolute atomic E-state index is 0.0966. The average Bonchev–Trinajstić information content (AvgIpc) is 2.52. The van der Waals surface area contributed by atoms with Gasteiger partial charge in [0.2, 0.25) is 0 Å². The van der Waals surface area contributed by atoms with Crippen molar-refractivity contribution in [3.8, 4) is 16.9 Å². The van der Waals surface area contributed by atoms with E-state index in [9.17, 15) is 18.7 Å². The Morgan fingerprint density at radius 3 is 2.59 bits per heavy atom. The molecule has 0 amide bonds. The van der Waals surface area contributed by atoms with Crippen molar-refractivity contribution in [3.63, 3.8) is 0 Å². The number of benzene rings is 1. The second-order valence-electron chi connectivity index (χ2n) is 4.68. The van der Waals surface area contributed by atoms with Gasteiger partial charge in [0.15, 0.2) is 5.75 Å². The van der Waals surface area contributed by atoms with Gasteiger partial charge in [0.25, 0.3) is 5.56 Å². The largest absolute Gasteiger partial charge is 0.505 e. The molecule has 3 rings (SSSR count). The monoisotopic (exact) mass is 322 g/mol. The van der Waals surface area contributed by atoms with Gasteiger partial charge in [-0.1, -0.05) is 11.6 Å². The number of aryl methyl sites for hydroxylation is 1. The van der Waals surface area contributed by atoms with Crippen LogP contribution in [0.3, 0.4) is 0 Å². The van der Waals surface area contributed by atoms with Gasteiger partial charge in [0, 0.05) is 18.8 Å². The molecule has 22 heavy (non-hydrogen) atoms. The summed E-state index contributed by atoms with van der Waals surface area (Å²) in [4.78, 5) is 16.4. The molecule has 0 fully saturated rings. The standard InChI is InChI=1S/C15H9ClF2N2O2/c1-20-9-3-2-6-19-13(9)14(21)11(15(20)22)10-7(17)4-5-8(18)12(10)16/h2-6,21H,1H3. The number of aromatic nitrogens is 2. The fraction of sp³-hybridized carbons (Fsp3) is 0.0667. The molecule has 112 valence electrons. The summed E-state index contributed by atoms with van der Waals surface area (Å²) in [5.74, 6) is -2.33. The van der Waals surface area contributed by atoms with Crippen molar-refractivity contribution < 1.29 is 13.9 Å². The predicted octanol–water partition coefficient (Wildman–Crippen LogP) is 3.24. The minimum atomic E-state index is -0.908. The summed E-state index contributed by atoms with van der Waals surface area (Å²) < 4.78 is 28.9. The zero-order valence-electron chi connectivity index (χ0n) is 11.3. The molecular weight excluding hydrogens is 314 g/mol. The topological polar surface area (TPSA) is 55.1 Å². The Kier molecular flexibility index (Phi) is 3.33. The second kappa shape index (κ2) is 5.06. The zero-order chi connectivity index (χ0) is 16.0. The molecule has 4 nitrogen and oxygen atoms in total. The van der Waals surface area contributed by atoms with E-state index in [2.05, 4.69) is 4.98 Å². The summed E-state index contributed by atoms with van der Waals surface area (Å²) in [6, 6.07) is 4.87. The minimum Gasteiger partial charge on any atom is -0.505 e. The number of pyridine rings is 2. The number of rotatable bonds is 1. The van der Waals surface area contributed by atoms with E-state index in [4.69, 9.17) is 11.6 Å². The van der Waals surface area contributed by atoms with E-state index in [1.165, 1.54) is 17.8 Å². The van der Waals surface area contributed by atoms with E-state index in [1.807, 2.05) is 0 Å². The zero-order valence-corrected chi connectivity index (χ0v) is 12.0. The van der Waals surface area contributed by atoms with E-state index >= 15 is 0 Å². The molecule has 0 bridgehead atoms. The maximum Gasteiger partial charge on any atom is 0.262 e. The smallest absolute Gasteiger partial charge is 0.262 e. The number of halogens is 3. The van der Waals surface area contributed by atoms with Crippen LogP contribution in [0.15, 0.2) is 35.3 Å². The lowest BCUT2D eigenvalue weighted by Crippen LogP contribution is -2.20. The Labute approximate surface area is 128 Å². The van der Waals surface area contributed by atoms with Crippen LogP contribution >= 0.6 is 11.6 Å². The first-order valence-corrected chi connectivity index (χ1v) is 6.61. The fourth-order valence-electron chi connectivity index (χ4n) is 2.33. The Bertz CT molecular complexity index is 970. The lowest BCUT2D eigenvalue weighted by molar-refractivity contribution is 0.479. The first-order chi connectivity index (χ1) is 10.4. The molecule has 3 aromatic rings. The molecular formula is C15H9ClF2N2O2. The van der Waals surface area contributed by atoms with Crippen molar-refractivity contribution >= 4 is 22.6 Å². The molecule has 0 aliphatic carbocycles. The third-order valence-electron chi connectivity index (χ3n) is 3.42. The van der Waals surface area contributed by atoms with Gasteiger partial charge in [-0.2, -0.15) is 0 Å². The van der Waals surface area contributed by atoms with Crippen LogP contribution in [0.2, 0.25) is 5.02 Å². The van der Waals surface area contributed by atoms with Crippen LogP contribution < -0.4 is 5.56 Å².